The van der Waals surface area contributed by atoms with E-state index in [1.807, 2.05) is 24.3 Å². The van der Waals surface area contributed by atoms with Crippen molar-refractivity contribution in [3.05, 3.63) is 84.2 Å². The summed E-state index contributed by atoms with van der Waals surface area (Å²) in [4.78, 5) is 2.28. The second-order valence-electron chi connectivity index (χ2n) is 6.66. The molecule has 0 saturated carbocycles. The quantitative estimate of drug-likeness (QED) is 0.711. The van der Waals surface area contributed by atoms with Crippen molar-refractivity contribution in [2.45, 2.75) is 24.3 Å². The fourth-order valence-corrected chi connectivity index (χ4v) is 4.54. The third kappa shape index (κ3) is 3.40. The molecule has 0 bridgehead atoms. The van der Waals surface area contributed by atoms with Crippen molar-refractivity contribution < 1.29 is 12.8 Å². The molecule has 27 heavy (non-hydrogen) atoms. The van der Waals surface area contributed by atoms with Crippen LogP contribution in [0.4, 0.5) is 21.5 Å². The molecule has 0 radical (unpaired) electrons. The van der Waals surface area contributed by atoms with E-state index in [1.54, 1.807) is 12.1 Å². The van der Waals surface area contributed by atoms with Crippen LogP contribution < -0.4 is 9.62 Å². The molecule has 3 aromatic rings. The molecule has 0 amide bonds. The van der Waals surface area contributed by atoms with Crippen LogP contribution >= 0.6 is 0 Å². The summed E-state index contributed by atoms with van der Waals surface area (Å²) in [6.07, 6.45) is 0.981. The zero-order chi connectivity index (χ0) is 19.0. The summed E-state index contributed by atoms with van der Waals surface area (Å²) in [5, 5.41) is 0. The van der Waals surface area contributed by atoms with Gasteiger partial charge in [0, 0.05) is 23.1 Å². The second-order valence-corrected chi connectivity index (χ2v) is 8.34. The lowest BCUT2D eigenvalue weighted by atomic mass is 10.1. The van der Waals surface area contributed by atoms with E-state index in [4.69, 9.17) is 0 Å². The van der Waals surface area contributed by atoms with E-state index in [1.165, 1.54) is 23.4 Å². The van der Waals surface area contributed by atoms with Gasteiger partial charge in [0.1, 0.15) is 5.82 Å². The van der Waals surface area contributed by atoms with Crippen LogP contribution in [-0.4, -0.2) is 14.5 Å². The first-order valence-electron chi connectivity index (χ1n) is 8.70. The molecule has 1 aliphatic heterocycles. The van der Waals surface area contributed by atoms with Gasteiger partial charge in [-0.3, -0.25) is 4.72 Å². The van der Waals surface area contributed by atoms with Crippen LogP contribution in [0.5, 0.6) is 0 Å². The Morgan fingerprint density at radius 2 is 1.63 bits per heavy atom. The number of nitrogens with one attached hydrogen (secondary N) is 1. The minimum absolute atomic E-state index is 0.0232. The van der Waals surface area contributed by atoms with Gasteiger partial charge in [0.25, 0.3) is 10.0 Å². The van der Waals surface area contributed by atoms with E-state index >= 15 is 0 Å². The lowest BCUT2D eigenvalue weighted by Gasteiger charge is -2.25. The topological polar surface area (TPSA) is 49.4 Å². The van der Waals surface area contributed by atoms with Gasteiger partial charge in [-0.2, -0.15) is 0 Å². The number of hydrogen-bond donors (Lipinski definition) is 1. The SMILES string of the molecule is CC1Cc2ccccc2N1c1ccc(NS(=O)(=O)c2ccc(F)cc2)cc1. The third-order valence-electron chi connectivity index (χ3n) is 4.73. The number of hydrogen-bond acceptors (Lipinski definition) is 3. The van der Waals surface area contributed by atoms with Crippen LogP contribution in [0.25, 0.3) is 0 Å². The molecule has 4 rings (SSSR count). The molecule has 1 N–H and O–H groups in total. The molecule has 1 heterocycles. The Labute approximate surface area is 158 Å². The Kier molecular flexibility index (Phi) is 4.36. The molecule has 0 aliphatic carbocycles. The number of halogens is 1. The zero-order valence-electron chi connectivity index (χ0n) is 14.8. The number of benzene rings is 3. The van der Waals surface area contributed by atoms with E-state index in [2.05, 4.69) is 28.7 Å². The van der Waals surface area contributed by atoms with Gasteiger partial charge in [0.05, 0.1) is 4.90 Å². The average molecular weight is 382 g/mol. The summed E-state index contributed by atoms with van der Waals surface area (Å²) in [7, 11) is -3.75. The molecule has 1 atom stereocenters. The smallest absolute Gasteiger partial charge is 0.261 e. The maximum absolute atomic E-state index is 13.0. The number of para-hydroxylation sites is 1. The Bertz CT molecular complexity index is 1060. The predicted molar refractivity (Wildman–Crippen MR) is 105 cm³/mol. The first-order chi connectivity index (χ1) is 12.9. The van der Waals surface area contributed by atoms with Crippen LogP contribution in [0.3, 0.4) is 0 Å². The zero-order valence-corrected chi connectivity index (χ0v) is 15.6. The normalized spacial score (nSPS) is 16.2. The molecule has 3 aromatic carbocycles. The second kappa shape index (κ2) is 6.70. The summed E-state index contributed by atoms with van der Waals surface area (Å²) in [5.41, 5.74) is 3.97. The lowest BCUT2D eigenvalue weighted by molar-refractivity contribution is 0.599. The summed E-state index contributed by atoms with van der Waals surface area (Å²) >= 11 is 0. The summed E-state index contributed by atoms with van der Waals surface area (Å²) < 4.78 is 40.4. The number of anilines is 3. The fourth-order valence-electron chi connectivity index (χ4n) is 3.48. The largest absolute Gasteiger partial charge is 0.338 e. The average Bonchev–Trinajstić information content (AvgIpc) is 2.98. The molecular formula is C21H19FN2O2S. The van der Waals surface area contributed by atoms with Crippen molar-refractivity contribution in [2.24, 2.45) is 0 Å². The van der Waals surface area contributed by atoms with E-state index in [0.29, 0.717) is 11.7 Å². The van der Waals surface area contributed by atoms with Gasteiger partial charge in [-0.1, -0.05) is 18.2 Å². The minimum atomic E-state index is -3.75. The van der Waals surface area contributed by atoms with E-state index in [0.717, 1.165) is 24.2 Å². The van der Waals surface area contributed by atoms with Crippen LogP contribution in [0.15, 0.2) is 77.7 Å². The van der Waals surface area contributed by atoms with Crippen molar-refractivity contribution in [3.8, 4) is 0 Å². The van der Waals surface area contributed by atoms with E-state index in [9.17, 15) is 12.8 Å². The summed E-state index contributed by atoms with van der Waals surface area (Å²) in [6, 6.07) is 20.7. The molecule has 1 unspecified atom stereocenters. The number of nitrogens with zero attached hydrogens (tertiary/aromatic N) is 1. The molecule has 0 spiro atoms. The molecular weight excluding hydrogens is 363 g/mol. The van der Waals surface area contributed by atoms with Gasteiger partial charge in [-0.15, -0.1) is 0 Å². The highest BCUT2D eigenvalue weighted by Gasteiger charge is 2.26. The molecule has 4 nitrogen and oxygen atoms in total. The number of rotatable bonds is 4. The number of fused-ring (bicyclic) bond motifs is 1. The molecule has 0 saturated heterocycles. The maximum atomic E-state index is 13.0. The molecule has 0 aromatic heterocycles. The first-order valence-corrected chi connectivity index (χ1v) is 10.2. The molecule has 6 heteroatoms. The maximum Gasteiger partial charge on any atom is 0.261 e. The highest BCUT2D eigenvalue weighted by atomic mass is 32.2. The van der Waals surface area contributed by atoms with Crippen LogP contribution in [-0.2, 0) is 16.4 Å². The van der Waals surface area contributed by atoms with Gasteiger partial charge in [-0.25, -0.2) is 12.8 Å². The summed E-state index contributed by atoms with van der Waals surface area (Å²) in [5.74, 6) is -0.474. The fraction of sp³-hybridized carbons (Fsp3) is 0.143. The standard InChI is InChI=1S/C21H19FN2O2S/c1-15-14-16-4-2-3-5-21(16)24(15)19-10-8-18(9-11-19)23-27(25,26)20-12-6-17(22)7-13-20/h2-13,15,23H,14H2,1H3. The van der Waals surface area contributed by atoms with Crippen molar-refractivity contribution in [2.75, 3.05) is 9.62 Å². The van der Waals surface area contributed by atoms with Gasteiger partial charge >= 0.3 is 0 Å². The lowest BCUT2D eigenvalue weighted by Crippen LogP contribution is -2.23. The Hall–Kier alpha value is -2.86. The Morgan fingerprint density at radius 3 is 2.33 bits per heavy atom. The Balaban J connectivity index is 1.57. The van der Waals surface area contributed by atoms with E-state index < -0.39 is 15.8 Å². The van der Waals surface area contributed by atoms with Crippen LogP contribution in [0.1, 0.15) is 12.5 Å². The first kappa shape index (κ1) is 17.5. The van der Waals surface area contributed by atoms with Crippen molar-refractivity contribution in [1.29, 1.82) is 0 Å². The van der Waals surface area contributed by atoms with Gasteiger partial charge in [0.2, 0.25) is 0 Å². The summed E-state index contributed by atoms with van der Waals surface area (Å²) in [6.45, 7) is 2.17. The molecule has 0 fully saturated rings. The van der Waals surface area contributed by atoms with Gasteiger partial charge < -0.3 is 4.90 Å². The monoisotopic (exact) mass is 382 g/mol. The third-order valence-corrected chi connectivity index (χ3v) is 6.13. The van der Waals surface area contributed by atoms with Crippen molar-refractivity contribution in [3.63, 3.8) is 0 Å². The van der Waals surface area contributed by atoms with Crippen molar-refractivity contribution in [1.82, 2.24) is 0 Å². The highest BCUT2D eigenvalue weighted by Crippen LogP contribution is 2.38. The van der Waals surface area contributed by atoms with E-state index in [-0.39, 0.29) is 4.90 Å². The molecule has 1 aliphatic rings. The predicted octanol–water partition coefficient (Wildman–Crippen LogP) is 4.71. The Morgan fingerprint density at radius 1 is 0.963 bits per heavy atom. The van der Waals surface area contributed by atoms with Crippen molar-refractivity contribution >= 4 is 27.1 Å². The highest BCUT2D eigenvalue weighted by molar-refractivity contribution is 7.92. The number of sulfonamides is 1. The van der Waals surface area contributed by atoms with Crippen LogP contribution in [0.2, 0.25) is 0 Å². The molecule has 138 valence electrons. The minimum Gasteiger partial charge on any atom is -0.338 e. The van der Waals surface area contributed by atoms with Gasteiger partial charge in [0.15, 0.2) is 0 Å². The van der Waals surface area contributed by atoms with Gasteiger partial charge in [-0.05, 0) is 73.5 Å². The van der Waals surface area contributed by atoms with Crippen LogP contribution in [0, 0.1) is 5.82 Å².